The first-order valence-electron chi connectivity index (χ1n) is 17.1. The maximum absolute atomic E-state index is 13.6. The van der Waals surface area contributed by atoms with Gasteiger partial charge in [0, 0.05) is 52.1 Å². The van der Waals surface area contributed by atoms with Crippen molar-refractivity contribution in [1.82, 2.24) is 0 Å². The second-order valence-corrected chi connectivity index (χ2v) is 12.8. The average molecular weight is 655 g/mol. The Morgan fingerprint density at radius 2 is 1.40 bits per heavy atom. The molecule has 0 N–H and O–H groups in total. The minimum absolute atomic E-state index is 0.0487. The molecule has 50 heavy (non-hydrogen) atoms. The number of ether oxygens (including phenoxy) is 2. The molecule has 0 aromatic heterocycles. The molecule has 246 valence electrons. The number of fused-ring (bicyclic) bond motifs is 6. The zero-order valence-corrected chi connectivity index (χ0v) is 27.9. The van der Waals surface area contributed by atoms with Crippen LogP contribution in [-0.4, -0.2) is 18.1 Å². The summed E-state index contributed by atoms with van der Waals surface area (Å²) in [5.74, 6) is 0.156. The van der Waals surface area contributed by atoms with Gasteiger partial charge in [0.05, 0.1) is 17.5 Å². The number of hydrogen-bond acceptors (Lipinski definition) is 5. The second kappa shape index (κ2) is 13.1. The number of carbonyl (C=O) groups excluding carboxylic acids is 1. The molecule has 0 saturated carbocycles. The zero-order valence-electron chi connectivity index (χ0n) is 27.9. The summed E-state index contributed by atoms with van der Waals surface area (Å²) in [4.78, 5) is 18.2. The van der Waals surface area contributed by atoms with E-state index in [-0.39, 0.29) is 24.0 Å². The smallest absolute Gasteiger partial charge is 0.339 e. The number of carbonyl (C=O) groups is 1. The molecule has 0 amide bonds. The van der Waals surface area contributed by atoms with Gasteiger partial charge < -0.3 is 19.3 Å². The van der Waals surface area contributed by atoms with Crippen molar-refractivity contribution < 1.29 is 14.3 Å². The SMILES string of the molecule is C=C/C(=C\C=C/C)N(c1ccccc1)C1C=CC2C(C1)Oc1cc(N(c3ccccc3)c3ccccc3)ccc1C21OC(=O)c2ccccc21. The van der Waals surface area contributed by atoms with Gasteiger partial charge in [-0.2, -0.15) is 0 Å². The van der Waals surface area contributed by atoms with Crippen LogP contribution in [0.3, 0.4) is 0 Å². The van der Waals surface area contributed by atoms with Crippen molar-refractivity contribution in [2.24, 2.45) is 5.92 Å². The molecule has 4 atom stereocenters. The van der Waals surface area contributed by atoms with Crippen LogP contribution in [0.1, 0.15) is 34.8 Å². The van der Waals surface area contributed by atoms with Crippen LogP contribution in [-0.2, 0) is 10.3 Å². The first-order valence-corrected chi connectivity index (χ1v) is 17.1. The van der Waals surface area contributed by atoms with Crippen molar-refractivity contribution in [2.75, 3.05) is 9.80 Å². The van der Waals surface area contributed by atoms with Crippen molar-refractivity contribution in [3.8, 4) is 5.75 Å². The number of allylic oxidation sites excluding steroid dienone is 4. The minimum Gasteiger partial charge on any atom is -0.489 e. The molecule has 0 radical (unpaired) electrons. The summed E-state index contributed by atoms with van der Waals surface area (Å²) in [6.45, 7) is 6.18. The summed E-state index contributed by atoms with van der Waals surface area (Å²) in [6.07, 6.45) is 12.8. The lowest BCUT2D eigenvalue weighted by Crippen LogP contribution is -2.52. The number of rotatable bonds is 8. The fourth-order valence-corrected chi connectivity index (χ4v) is 7.79. The topological polar surface area (TPSA) is 42.0 Å². The van der Waals surface area contributed by atoms with E-state index in [2.05, 4.69) is 101 Å². The van der Waals surface area contributed by atoms with Crippen molar-refractivity contribution >= 4 is 28.7 Å². The minimum atomic E-state index is -1.03. The van der Waals surface area contributed by atoms with Crippen LogP contribution in [0.2, 0.25) is 0 Å². The number of para-hydroxylation sites is 3. The molecule has 2 aliphatic heterocycles. The second-order valence-electron chi connectivity index (χ2n) is 12.8. The van der Waals surface area contributed by atoms with Gasteiger partial charge in [-0.25, -0.2) is 4.79 Å². The zero-order chi connectivity index (χ0) is 34.1. The molecular weight excluding hydrogens is 617 g/mol. The van der Waals surface area contributed by atoms with Gasteiger partial charge in [-0.1, -0.05) is 104 Å². The highest BCUT2D eigenvalue weighted by atomic mass is 16.6. The van der Waals surface area contributed by atoms with Gasteiger partial charge in [0.25, 0.3) is 0 Å². The van der Waals surface area contributed by atoms with E-state index in [4.69, 9.17) is 9.47 Å². The Kier molecular flexibility index (Phi) is 8.17. The maximum atomic E-state index is 13.6. The summed E-state index contributed by atoms with van der Waals surface area (Å²) in [5, 5.41) is 0. The Bertz CT molecular complexity index is 2080. The molecule has 1 spiro atoms. The third-order valence-electron chi connectivity index (χ3n) is 9.93. The van der Waals surface area contributed by atoms with Gasteiger partial charge in [-0.3, -0.25) is 0 Å². The van der Waals surface area contributed by atoms with E-state index in [1.807, 2.05) is 91.9 Å². The summed E-state index contributed by atoms with van der Waals surface area (Å²) in [5.41, 5.74) is 6.35. The number of esters is 1. The summed E-state index contributed by atoms with van der Waals surface area (Å²) < 4.78 is 13.7. The Hall–Kier alpha value is -6.07. The monoisotopic (exact) mass is 654 g/mol. The van der Waals surface area contributed by atoms with Crippen molar-refractivity contribution in [2.45, 2.75) is 31.1 Å². The summed E-state index contributed by atoms with van der Waals surface area (Å²) in [7, 11) is 0. The van der Waals surface area contributed by atoms with Gasteiger partial charge >= 0.3 is 5.97 Å². The fourth-order valence-electron chi connectivity index (χ4n) is 7.79. The fraction of sp³-hybridized carbons (Fsp3) is 0.133. The lowest BCUT2D eigenvalue weighted by atomic mass is 9.68. The standard InChI is InChI=1S/C45H38N2O3/c1-3-5-17-32(4-2)46(33-18-9-6-10-19-33)36-26-28-40-42(30-36)49-43-31-37(47(34-20-11-7-12-21-34)35-22-13-8-14-23-35)27-29-41(43)45(40)39-25-16-15-24-38(39)44(48)50-45/h3-29,31,36,40,42H,2,30H2,1H3/b5-3-,32-17+. The molecular formula is C45H38N2O3. The quantitative estimate of drug-likeness (QED) is 0.0946. The predicted octanol–water partition coefficient (Wildman–Crippen LogP) is 10.4. The van der Waals surface area contributed by atoms with E-state index in [1.54, 1.807) is 0 Å². The van der Waals surface area contributed by atoms with Crippen molar-refractivity contribution in [3.05, 3.63) is 199 Å². The molecule has 5 aromatic rings. The third-order valence-corrected chi connectivity index (χ3v) is 9.93. The van der Waals surface area contributed by atoms with E-state index in [1.165, 1.54) is 0 Å². The normalized spacial score (nSPS) is 21.9. The van der Waals surface area contributed by atoms with Crippen LogP contribution < -0.4 is 14.5 Å². The molecule has 4 unspecified atom stereocenters. The van der Waals surface area contributed by atoms with Gasteiger partial charge in [-0.05, 0) is 73.7 Å². The molecule has 5 aromatic carbocycles. The molecule has 3 aliphatic rings. The highest BCUT2D eigenvalue weighted by molar-refractivity contribution is 5.96. The number of anilines is 4. The lowest BCUT2D eigenvalue weighted by molar-refractivity contribution is -0.0560. The molecule has 2 heterocycles. The Morgan fingerprint density at radius 1 is 0.760 bits per heavy atom. The number of benzene rings is 5. The summed E-state index contributed by atoms with van der Waals surface area (Å²) in [6, 6.07) is 45.1. The van der Waals surface area contributed by atoms with E-state index >= 15 is 0 Å². The maximum Gasteiger partial charge on any atom is 0.339 e. The third kappa shape index (κ3) is 5.23. The van der Waals surface area contributed by atoms with Crippen LogP contribution in [0.5, 0.6) is 5.75 Å². The Labute approximate surface area is 293 Å². The van der Waals surface area contributed by atoms with Crippen LogP contribution in [0.25, 0.3) is 0 Å². The number of hydrogen-bond donors (Lipinski definition) is 0. The first-order chi connectivity index (χ1) is 24.6. The highest BCUT2D eigenvalue weighted by Crippen LogP contribution is 2.57. The molecule has 1 aliphatic carbocycles. The van der Waals surface area contributed by atoms with E-state index in [0.29, 0.717) is 17.7 Å². The molecule has 0 bridgehead atoms. The van der Waals surface area contributed by atoms with Crippen LogP contribution >= 0.6 is 0 Å². The molecule has 5 nitrogen and oxygen atoms in total. The predicted molar refractivity (Wildman–Crippen MR) is 201 cm³/mol. The first kappa shape index (κ1) is 31.2. The molecule has 0 saturated heterocycles. The van der Waals surface area contributed by atoms with Crippen molar-refractivity contribution in [1.29, 1.82) is 0 Å². The number of nitrogens with zero attached hydrogens (tertiary/aromatic N) is 2. The van der Waals surface area contributed by atoms with Crippen LogP contribution in [0, 0.1) is 5.92 Å². The molecule has 5 heteroatoms. The van der Waals surface area contributed by atoms with Gasteiger partial charge in [0.15, 0.2) is 5.60 Å². The Balaban J connectivity index is 1.28. The van der Waals surface area contributed by atoms with Crippen LogP contribution in [0.15, 0.2) is 182 Å². The van der Waals surface area contributed by atoms with E-state index < -0.39 is 5.60 Å². The average Bonchev–Trinajstić information content (AvgIpc) is 3.46. The largest absolute Gasteiger partial charge is 0.489 e. The molecule has 0 fully saturated rings. The highest BCUT2D eigenvalue weighted by Gasteiger charge is 2.59. The van der Waals surface area contributed by atoms with Crippen LogP contribution in [0.4, 0.5) is 22.7 Å². The lowest BCUT2D eigenvalue weighted by Gasteiger charge is -2.48. The van der Waals surface area contributed by atoms with Crippen molar-refractivity contribution in [3.63, 3.8) is 0 Å². The summed E-state index contributed by atoms with van der Waals surface area (Å²) >= 11 is 0. The van der Waals surface area contributed by atoms with Gasteiger partial charge in [0.1, 0.15) is 11.9 Å². The van der Waals surface area contributed by atoms with E-state index in [0.717, 1.165) is 39.6 Å². The molecule has 8 rings (SSSR count). The van der Waals surface area contributed by atoms with Gasteiger partial charge in [-0.15, -0.1) is 0 Å². The Morgan fingerprint density at radius 3 is 2.06 bits per heavy atom. The van der Waals surface area contributed by atoms with Gasteiger partial charge in [0.2, 0.25) is 0 Å². The van der Waals surface area contributed by atoms with E-state index in [9.17, 15) is 4.79 Å².